The highest BCUT2D eigenvalue weighted by atomic mass is 32.2. The van der Waals surface area contributed by atoms with Crippen LogP contribution in [0.15, 0.2) is 53.8 Å². The molecule has 0 radical (unpaired) electrons. The molecule has 3 aromatic rings. The number of nitriles is 1. The molecule has 158 valence electrons. The molecule has 0 spiro atoms. The van der Waals surface area contributed by atoms with Crippen LogP contribution in [0.4, 0.5) is 5.69 Å². The normalized spacial score (nSPS) is 12.3. The van der Waals surface area contributed by atoms with Crippen LogP contribution < -0.4 is 14.8 Å². The Hall–Kier alpha value is -3.44. The molecule has 0 unspecified atom stereocenters. The van der Waals surface area contributed by atoms with Gasteiger partial charge in [-0.25, -0.2) is 4.98 Å². The summed E-state index contributed by atoms with van der Waals surface area (Å²) in [5, 5.41) is 12.4. The first-order chi connectivity index (χ1) is 15.2. The number of carbonyl (C=O) groups is 1. The summed E-state index contributed by atoms with van der Waals surface area (Å²) in [5.74, 6) is 1.63. The maximum Gasteiger partial charge on any atom is 0.234 e. The monoisotopic (exact) mass is 434 g/mol. The molecule has 7 nitrogen and oxygen atoms in total. The number of anilines is 1. The second kappa shape index (κ2) is 9.58. The topological polar surface area (TPSA) is 89.2 Å². The Bertz CT molecular complexity index is 1120. The van der Waals surface area contributed by atoms with Crippen molar-refractivity contribution in [1.29, 1.82) is 5.26 Å². The molecular formula is C23H22N4O3S. The molecule has 2 aromatic carbocycles. The summed E-state index contributed by atoms with van der Waals surface area (Å²) >= 11 is 1.40. The van der Waals surface area contributed by atoms with Crippen LogP contribution in [0.5, 0.6) is 11.5 Å². The summed E-state index contributed by atoms with van der Waals surface area (Å²) < 4.78 is 13.4. The van der Waals surface area contributed by atoms with Gasteiger partial charge in [0.25, 0.3) is 0 Å². The van der Waals surface area contributed by atoms with Gasteiger partial charge in [0, 0.05) is 17.8 Å². The van der Waals surface area contributed by atoms with Crippen molar-refractivity contribution in [2.45, 2.75) is 25.0 Å². The van der Waals surface area contributed by atoms with E-state index in [-0.39, 0.29) is 11.7 Å². The van der Waals surface area contributed by atoms with Gasteiger partial charge in [0.1, 0.15) is 13.2 Å². The molecule has 0 saturated heterocycles. The number of nitrogens with one attached hydrogen (secondary N) is 1. The number of nitrogens with zero attached hydrogens (tertiary/aromatic N) is 3. The van der Waals surface area contributed by atoms with Crippen molar-refractivity contribution >= 4 is 23.4 Å². The van der Waals surface area contributed by atoms with Gasteiger partial charge < -0.3 is 19.4 Å². The lowest BCUT2D eigenvalue weighted by Gasteiger charge is -2.19. The first kappa shape index (κ1) is 20.8. The van der Waals surface area contributed by atoms with Crippen LogP contribution in [-0.4, -0.2) is 34.4 Å². The molecular weight excluding hydrogens is 412 g/mol. The molecule has 1 N–H and O–H groups in total. The number of carbonyl (C=O) groups excluding carboxylic acids is 1. The highest BCUT2D eigenvalue weighted by Gasteiger charge is 2.17. The van der Waals surface area contributed by atoms with Gasteiger partial charge >= 0.3 is 0 Å². The van der Waals surface area contributed by atoms with Crippen LogP contribution >= 0.6 is 11.8 Å². The molecule has 2 heterocycles. The molecule has 1 amide bonds. The molecule has 1 aromatic heterocycles. The van der Waals surface area contributed by atoms with Crippen molar-refractivity contribution in [3.8, 4) is 28.8 Å². The zero-order chi connectivity index (χ0) is 21.6. The zero-order valence-corrected chi connectivity index (χ0v) is 17.9. The van der Waals surface area contributed by atoms with E-state index in [1.54, 1.807) is 0 Å². The zero-order valence-electron chi connectivity index (χ0n) is 17.1. The largest absolute Gasteiger partial charge is 0.486 e. The van der Waals surface area contributed by atoms with E-state index >= 15 is 0 Å². The summed E-state index contributed by atoms with van der Waals surface area (Å²) in [7, 11) is 0. The van der Waals surface area contributed by atoms with E-state index in [9.17, 15) is 4.79 Å². The number of ether oxygens (including phenoxy) is 2. The maximum atomic E-state index is 12.4. The third-order valence-corrected chi connectivity index (χ3v) is 5.82. The SMILES string of the molecule is CCn1c(-c2ccc3c(c2)OCCO3)cnc1SCC(=O)Nc1ccc(CC#N)cc1. The van der Waals surface area contributed by atoms with Gasteiger partial charge in [-0.05, 0) is 42.8 Å². The number of imidazole rings is 1. The lowest BCUT2D eigenvalue weighted by Crippen LogP contribution is -2.15. The number of fused-ring (bicyclic) bond motifs is 1. The van der Waals surface area contributed by atoms with Gasteiger partial charge in [0.15, 0.2) is 16.7 Å². The van der Waals surface area contributed by atoms with Gasteiger partial charge in [-0.3, -0.25) is 4.79 Å². The number of rotatable bonds is 7. The minimum Gasteiger partial charge on any atom is -0.486 e. The van der Waals surface area contributed by atoms with Crippen molar-refractivity contribution in [2.24, 2.45) is 0 Å². The minimum absolute atomic E-state index is 0.107. The minimum atomic E-state index is -0.107. The number of hydrogen-bond acceptors (Lipinski definition) is 6. The van der Waals surface area contributed by atoms with Gasteiger partial charge in [0.05, 0.1) is 30.1 Å². The van der Waals surface area contributed by atoms with Crippen LogP contribution in [-0.2, 0) is 17.8 Å². The Kier molecular flexibility index (Phi) is 6.43. The summed E-state index contributed by atoms with van der Waals surface area (Å²) in [6.45, 7) is 3.89. The van der Waals surface area contributed by atoms with Crippen LogP contribution in [0.25, 0.3) is 11.3 Å². The molecule has 0 atom stereocenters. The predicted molar refractivity (Wildman–Crippen MR) is 119 cm³/mol. The van der Waals surface area contributed by atoms with Gasteiger partial charge in [0.2, 0.25) is 5.91 Å². The van der Waals surface area contributed by atoms with E-state index in [1.165, 1.54) is 11.8 Å². The Morgan fingerprint density at radius 2 is 1.97 bits per heavy atom. The van der Waals surface area contributed by atoms with Crippen LogP contribution in [0, 0.1) is 11.3 Å². The Morgan fingerprint density at radius 3 is 2.71 bits per heavy atom. The summed E-state index contributed by atoms with van der Waals surface area (Å²) in [6.07, 6.45) is 2.18. The predicted octanol–water partition coefficient (Wildman–Crippen LogP) is 4.14. The quantitative estimate of drug-likeness (QED) is 0.562. The number of hydrogen-bond donors (Lipinski definition) is 1. The van der Waals surface area contributed by atoms with Crippen molar-refractivity contribution in [1.82, 2.24) is 9.55 Å². The standard InChI is InChI=1S/C23H22N4O3S/c1-2-27-19(17-5-8-20-21(13-17)30-12-11-29-20)14-25-23(27)31-15-22(28)26-18-6-3-16(4-7-18)9-10-24/h3-8,13-14H,2,9,11-12,15H2,1H3,(H,26,28). The van der Waals surface area contributed by atoms with Crippen molar-refractivity contribution < 1.29 is 14.3 Å². The maximum absolute atomic E-state index is 12.4. The van der Waals surface area contributed by atoms with Crippen molar-refractivity contribution in [3.63, 3.8) is 0 Å². The average Bonchev–Trinajstić information content (AvgIpc) is 3.22. The van der Waals surface area contributed by atoms with E-state index < -0.39 is 0 Å². The molecule has 1 aliphatic heterocycles. The van der Waals surface area contributed by atoms with Crippen molar-refractivity contribution in [3.05, 3.63) is 54.2 Å². The highest BCUT2D eigenvalue weighted by molar-refractivity contribution is 7.99. The molecule has 0 fully saturated rings. The molecule has 0 aliphatic carbocycles. The first-order valence-corrected chi connectivity index (χ1v) is 11.0. The lowest BCUT2D eigenvalue weighted by molar-refractivity contribution is -0.113. The second-order valence-corrected chi connectivity index (χ2v) is 7.84. The number of thioether (sulfide) groups is 1. The number of aromatic nitrogens is 2. The van der Waals surface area contributed by atoms with Crippen LogP contribution in [0.2, 0.25) is 0 Å². The first-order valence-electron chi connectivity index (χ1n) is 10.0. The van der Waals surface area contributed by atoms with E-state index in [4.69, 9.17) is 14.7 Å². The summed E-state index contributed by atoms with van der Waals surface area (Å²) in [5.41, 5.74) is 3.59. The van der Waals surface area contributed by atoms with Crippen molar-refractivity contribution in [2.75, 3.05) is 24.3 Å². The fraction of sp³-hybridized carbons (Fsp3) is 0.261. The summed E-state index contributed by atoms with van der Waals surface area (Å²) in [6, 6.07) is 15.3. The Balaban J connectivity index is 1.42. The fourth-order valence-corrected chi connectivity index (χ4v) is 4.18. The van der Waals surface area contributed by atoms with Crippen LogP contribution in [0.3, 0.4) is 0 Å². The molecule has 1 aliphatic rings. The Labute approximate surface area is 185 Å². The molecule has 8 heteroatoms. The van der Waals surface area contributed by atoms with Gasteiger partial charge in [-0.1, -0.05) is 23.9 Å². The van der Waals surface area contributed by atoms with E-state index in [1.807, 2.05) is 48.7 Å². The fourth-order valence-electron chi connectivity index (χ4n) is 3.34. The number of benzene rings is 2. The lowest BCUT2D eigenvalue weighted by atomic mass is 10.1. The van der Waals surface area contributed by atoms with Gasteiger partial charge in [-0.2, -0.15) is 5.26 Å². The molecule has 31 heavy (non-hydrogen) atoms. The smallest absolute Gasteiger partial charge is 0.234 e. The number of amides is 1. The molecule has 4 rings (SSSR count). The van der Waals surface area contributed by atoms with E-state index in [2.05, 4.69) is 27.9 Å². The third kappa shape index (κ3) is 4.84. The van der Waals surface area contributed by atoms with Crippen LogP contribution in [0.1, 0.15) is 12.5 Å². The highest BCUT2D eigenvalue weighted by Crippen LogP contribution is 2.35. The van der Waals surface area contributed by atoms with E-state index in [0.717, 1.165) is 40.0 Å². The second-order valence-electron chi connectivity index (χ2n) is 6.90. The third-order valence-electron chi connectivity index (χ3n) is 4.83. The summed E-state index contributed by atoms with van der Waals surface area (Å²) in [4.78, 5) is 16.9. The average molecular weight is 435 g/mol. The molecule has 0 bridgehead atoms. The molecule has 0 saturated carbocycles. The van der Waals surface area contributed by atoms with Gasteiger partial charge in [-0.15, -0.1) is 0 Å². The Morgan fingerprint density at radius 1 is 1.19 bits per heavy atom. The van der Waals surface area contributed by atoms with E-state index in [0.29, 0.717) is 25.3 Å².